The number of ether oxygens (including phenoxy) is 1. The van der Waals surface area contributed by atoms with E-state index in [0.717, 1.165) is 36.4 Å². The highest BCUT2D eigenvalue weighted by molar-refractivity contribution is 5.94. The van der Waals surface area contributed by atoms with Crippen molar-refractivity contribution in [1.29, 1.82) is 0 Å². The van der Waals surface area contributed by atoms with Gasteiger partial charge in [0, 0.05) is 12.1 Å². The third-order valence-electron chi connectivity index (χ3n) is 5.41. The molecule has 0 bridgehead atoms. The molecule has 2 heteroatoms. The van der Waals surface area contributed by atoms with Crippen molar-refractivity contribution in [2.45, 2.75) is 32.2 Å². The van der Waals surface area contributed by atoms with Gasteiger partial charge in [0.1, 0.15) is 11.8 Å². The summed E-state index contributed by atoms with van der Waals surface area (Å²) in [5.41, 5.74) is 5.93. The second-order valence-corrected chi connectivity index (χ2v) is 7.42. The molecule has 0 aliphatic carbocycles. The monoisotopic (exact) mass is 393 g/mol. The molecule has 1 aliphatic rings. The number of nitrogens with zero attached hydrogens (tertiary/aromatic N) is 1. The molecule has 0 saturated carbocycles. The van der Waals surface area contributed by atoms with Gasteiger partial charge in [0.2, 0.25) is 0 Å². The lowest BCUT2D eigenvalue weighted by Crippen LogP contribution is -2.29. The Labute approximate surface area is 179 Å². The van der Waals surface area contributed by atoms with E-state index in [4.69, 9.17) is 4.74 Å². The molecule has 0 spiro atoms. The molecular formula is C28H27NO. The zero-order valence-electron chi connectivity index (χ0n) is 17.6. The predicted octanol–water partition coefficient (Wildman–Crippen LogP) is 6.95. The minimum Gasteiger partial charge on any atom is -0.497 e. The summed E-state index contributed by atoms with van der Waals surface area (Å²) < 4.78 is 5.38. The van der Waals surface area contributed by atoms with Gasteiger partial charge in [-0.3, -0.25) is 0 Å². The Morgan fingerprint density at radius 1 is 0.900 bits per heavy atom. The molecule has 0 radical (unpaired) electrons. The van der Waals surface area contributed by atoms with Gasteiger partial charge in [-0.2, -0.15) is 0 Å². The van der Waals surface area contributed by atoms with E-state index in [1.54, 1.807) is 7.11 Å². The van der Waals surface area contributed by atoms with Crippen molar-refractivity contribution in [2.24, 2.45) is 0 Å². The molecule has 150 valence electrons. The highest BCUT2D eigenvalue weighted by atomic mass is 16.5. The molecular weight excluding hydrogens is 366 g/mol. The van der Waals surface area contributed by atoms with Crippen molar-refractivity contribution in [1.82, 2.24) is 0 Å². The standard InChI is InChI=1S/C28H27NO/c1-3-4-5-9-16-27-26-15-11-10-14-23(26)21-28(22-12-7-6-8-13-22)29(27)24-17-19-25(30-2)20-18-24/h6-8,10-15,17-21,27H,3-5H2,1-2H3. The van der Waals surface area contributed by atoms with Crippen LogP contribution < -0.4 is 9.64 Å². The predicted molar refractivity (Wildman–Crippen MR) is 126 cm³/mol. The quantitative estimate of drug-likeness (QED) is 0.343. The van der Waals surface area contributed by atoms with Crippen LogP contribution >= 0.6 is 0 Å². The first kappa shape index (κ1) is 19.9. The minimum atomic E-state index is -0.0355. The lowest BCUT2D eigenvalue weighted by Gasteiger charge is -2.37. The van der Waals surface area contributed by atoms with Gasteiger partial charge < -0.3 is 9.64 Å². The molecule has 1 atom stereocenters. The third-order valence-corrected chi connectivity index (χ3v) is 5.41. The van der Waals surface area contributed by atoms with Crippen LogP contribution in [0.5, 0.6) is 5.75 Å². The first-order valence-corrected chi connectivity index (χ1v) is 10.6. The fourth-order valence-corrected chi connectivity index (χ4v) is 3.82. The number of methoxy groups -OCH3 is 1. The maximum atomic E-state index is 5.38. The van der Waals surface area contributed by atoms with Crippen LogP contribution in [-0.2, 0) is 0 Å². The summed E-state index contributed by atoms with van der Waals surface area (Å²) in [7, 11) is 1.70. The van der Waals surface area contributed by atoms with Gasteiger partial charge in [0.15, 0.2) is 0 Å². The Balaban J connectivity index is 1.87. The van der Waals surface area contributed by atoms with Crippen LogP contribution in [0.25, 0.3) is 11.8 Å². The smallest absolute Gasteiger partial charge is 0.121 e. The Bertz CT molecular complexity index is 1070. The van der Waals surface area contributed by atoms with Crippen molar-refractivity contribution in [3.8, 4) is 17.6 Å². The molecule has 1 heterocycles. The first-order valence-electron chi connectivity index (χ1n) is 10.6. The zero-order chi connectivity index (χ0) is 20.8. The van der Waals surface area contributed by atoms with Gasteiger partial charge >= 0.3 is 0 Å². The van der Waals surface area contributed by atoms with E-state index in [-0.39, 0.29) is 6.04 Å². The van der Waals surface area contributed by atoms with Gasteiger partial charge in [0.05, 0.1) is 12.8 Å². The maximum Gasteiger partial charge on any atom is 0.121 e. The second-order valence-electron chi connectivity index (χ2n) is 7.42. The number of benzene rings is 3. The molecule has 3 aromatic carbocycles. The van der Waals surface area contributed by atoms with Crippen molar-refractivity contribution in [3.05, 3.63) is 95.6 Å². The Kier molecular flexibility index (Phi) is 6.20. The van der Waals surface area contributed by atoms with Crippen LogP contribution in [0.15, 0.2) is 78.9 Å². The summed E-state index contributed by atoms with van der Waals surface area (Å²) in [5, 5.41) is 0. The molecule has 0 amide bonds. The molecule has 0 saturated heterocycles. The molecule has 30 heavy (non-hydrogen) atoms. The molecule has 0 aromatic heterocycles. The molecule has 0 N–H and O–H groups in total. The zero-order valence-corrected chi connectivity index (χ0v) is 17.6. The molecule has 2 nitrogen and oxygen atoms in total. The van der Waals surface area contributed by atoms with Crippen molar-refractivity contribution in [3.63, 3.8) is 0 Å². The van der Waals surface area contributed by atoms with Crippen LogP contribution in [0, 0.1) is 11.8 Å². The van der Waals surface area contributed by atoms with Crippen LogP contribution in [-0.4, -0.2) is 7.11 Å². The SMILES string of the molecule is CCCCC#CC1c2ccccc2C=C(c2ccccc2)N1c1ccc(OC)cc1. The number of hydrogen-bond acceptors (Lipinski definition) is 2. The van der Waals surface area contributed by atoms with Gasteiger partial charge in [-0.05, 0) is 53.5 Å². The molecule has 1 aliphatic heterocycles. The third kappa shape index (κ3) is 4.11. The van der Waals surface area contributed by atoms with E-state index >= 15 is 0 Å². The van der Waals surface area contributed by atoms with Gasteiger partial charge in [0.25, 0.3) is 0 Å². The molecule has 0 fully saturated rings. The normalized spacial score (nSPS) is 14.9. The average Bonchev–Trinajstić information content (AvgIpc) is 2.82. The van der Waals surface area contributed by atoms with Crippen molar-refractivity contribution in [2.75, 3.05) is 12.0 Å². The molecule has 3 aromatic rings. The van der Waals surface area contributed by atoms with Gasteiger partial charge in [-0.1, -0.05) is 73.9 Å². The summed E-state index contributed by atoms with van der Waals surface area (Å²) in [5.74, 6) is 7.89. The van der Waals surface area contributed by atoms with Crippen LogP contribution in [0.1, 0.15) is 48.9 Å². The minimum absolute atomic E-state index is 0.0355. The molecule has 1 unspecified atom stereocenters. The maximum absolute atomic E-state index is 5.38. The van der Waals surface area contributed by atoms with Crippen LogP contribution in [0.2, 0.25) is 0 Å². The van der Waals surface area contributed by atoms with Crippen molar-refractivity contribution >= 4 is 17.5 Å². The highest BCUT2D eigenvalue weighted by Gasteiger charge is 2.29. The van der Waals surface area contributed by atoms with Crippen LogP contribution in [0.4, 0.5) is 5.69 Å². The van der Waals surface area contributed by atoms with Crippen LogP contribution in [0.3, 0.4) is 0 Å². The van der Waals surface area contributed by atoms with E-state index in [9.17, 15) is 0 Å². The van der Waals surface area contributed by atoms with E-state index in [0.29, 0.717) is 0 Å². The summed E-state index contributed by atoms with van der Waals surface area (Å²) in [6.07, 6.45) is 5.49. The van der Waals surface area contributed by atoms with E-state index in [1.807, 2.05) is 12.1 Å². The van der Waals surface area contributed by atoms with Crippen molar-refractivity contribution < 1.29 is 4.74 Å². The summed E-state index contributed by atoms with van der Waals surface area (Å²) in [6.45, 7) is 2.21. The highest BCUT2D eigenvalue weighted by Crippen LogP contribution is 2.42. The summed E-state index contributed by atoms with van der Waals surface area (Å²) in [4.78, 5) is 2.36. The lowest BCUT2D eigenvalue weighted by atomic mass is 9.91. The van der Waals surface area contributed by atoms with E-state index < -0.39 is 0 Å². The van der Waals surface area contributed by atoms with E-state index in [2.05, 4.69) is 96.5 Å². The fraction of sp³-hybridized carbons (Fsp3) is 0.214. The molecule has 4 rings (SSSR count). The number of fused-ring (bicyclic) bond motifs is 1. The van der Waals surface area contributed by atoms with E-state index in [1.165, 1.54) is 16.7 Å². The Morgan fingerprint density at radius 3 is 2.37 bits per heavy atom. The fourth-order valence-electron chi connectivity index (χ4n) is 3.82. The Hall–Kier alpha value is -3.44. The van der Waals surface area contributed by atoms with Gasteiger partial charge in [-0.25, -0.2) is 0 Å². The number of anilines is 1. The van der Waals surface area contributed by atoms with Gasteiger partial charge in [-0.15, -0.1) is 5.92 Å². The summed E-state index contributed by atoms with van der Waals surface area (Å²) in [6, 6.07) is 27.4. The summed E-state index contributed by atoms with van der Waals surface area (Å²) >= 11 is 0. The largest absolute Gasteiger partial charge is 0.497 e. The first-order chi connectivity index (χ1) is 14.8. The number of hydrogen-bond donors (Lipinski definition) is 0. The number of rotatable bonds is 5. The second kappa shape index (κ2) is 9.37. The lowest BCUT2D eigenvalue weighted by molar-refractivity contribution is 0.415. The average molecular weight is 394 g/mol. The Morgan fingerprint density at radius 2 is 1.63 bits per heavy atom. The topological polar surface area (TPSA) is 12.5 Å². The number of unbranched alkanes of at least 4 members (excludes halogenated alkanes) is 2.